The maximum absolute atomic E-state index is 12.7. The summed E-state index contributed by atoms with van der Waals surface area (Å²) < 4.78 is 32.9. The highest BCUT2D eigenvalue weighted by atomic mass is 32.2. The first-order valence-electron chi connectivity index (χ1n) is 10.6. The quantitative estimate of drug-likeness (QED) is 0.430. The lowest BCUT2D eigenvalue weighted by molar-refractivity contribution is 0.0952. The molecule has 1 heterocycles. The molecule has 0 aliphatic heterocycles. The summed E-state index contributed by atoms with van der Waals surface area (Å²) in [6, 6.07) is 18.1. The van der Waals surface area contributed by atoms with Gasteiger partial charge in [0.25, 0.3) is 5.91 Å². The van der Waals surface area contributed by atoms with Gasteiger partial charge in [-0.05, 0) is 62.2 Å². The van der Waals surface area contributed by atoms with Gasteiger partial charge in [-0.15, -0.1) is 0 Å². The van der Waals surface area contributed by atoms with E-state index in [-0.39, 0.29) is 17.3 Å². The van der Waals surface area contributed by atoms with Gasteiger partial charge in [0.2, 0.25) is 10.0 Å². The molecule has 170 valence electrons. The number of aryl methyl sites for hydroxylation is 1. The van der Waals surface area contributed by atoms with Gasteiger partial charge in [-0.25, -0.2) is 13.1 Å². The van der Waals surface area contributed by atoms with Crippen LogP contribution in [-0.4, -0.2) is 34.0 Å². The lowest BCUT2D eigenvalue weighted by atomic mass is 10.1. The zero-order valence-corrected chi connectivity index (χ0v) is 19.2. The standard InChI is InChI=1S/C24H29N3O4S/c1-3-27(20-9-5-4-6-10-20)15-8-14-25-24(28)23-17-22(13-12-19(23)2)32(29,30)26-18-21-11-7-16-31-21/h4-7,9-13,16-17,26H,3,8,14-15,18H2,1-2H3,(H,25,28). The van der Waals surface area contributed by atoms with Crippen LogP contribution in [0.25, 0.3) is 0 Å². The Labute approximate surface area is 189 Å². The van der Waals surface area contributed by atoms with Crippen molar-refractivity contribution >= 4 is 21.6 Å². The van der Waals surface area contributed by atoms with Gasteiger partial charge in [0, 0.05) is 30.9 Å². The van der Waals surface area contributed by atoms with Gasteiger partial charge in [0.1, 0.15) is 5.76 Å². The second-order valence-electron chi connectivity index (χ2n) is 7.41. The number of nitrogens with one attached hydrogen (secondary N) is 2. The first-order valence-corrected chi connectivity index (χ1v) is 12.1. The molecule has 0 aliphatic rings. The lowest BCUT2D eigenvalue weighted by Gasteiger charge is -2.23. The van der Waals surface area contributed by atoms with Gasteiger partial charge in [-0.1, -0.05) is 24.3 Å². The van der Waals surface area contributed by atoms with Gasteiger partial charge < -0.3 is 14.6 Å². The number of hydrogen-bond donors (Lipinski definition) is 2. The molecular weight excluding hydrogens is 426 g/mol. The van der Waals surface area contributed by atoms with Gasteiger partial charge in [0.15, 0.2) is 0 Å². The van der Waals surface area contributed by atoms with E-state index in [1.165, 1.54) is 18.4 Å². The molecule has 0 spiro atoms. The second kappa shape index (κ2) is 11.0. The van der Waals surface area contributed by atoms with E-state index < -0.39 is 10.0 Å². The Morgan fingerprint density at radius 3 is 2.53 bits per heavy atom. The number of hydrogen-bond acceptors (Lipinski definition) is 5. The van der Waals surface area contributed by atoms with E-state index in [0.717, 1.165) is 25.2 Å². The van der Waals surface area contributed by atoms with Crippen LogP contribution in [0, 0.1) is 6.92 Å². The van der Waals surface area contributed by atoms with Crippen molar-refractivity contribution in [2.45, 2.75) is 31.7 Å². The molecule has 3 rings (SSSR count). The number of furan rings is 1. The summed E-state index contributed by atoms with van der Waals surface area (Å²) >= 11 is 0. The highest BCUT2D eigenvalue weighted by Crippen LogP contribution is 2.17. The van der Waals surface area contributed by atoms with E-state index in [0.29, 0.717) is 23.4 Å². The zero-order chi connectivity index (χ0) is 23.0. The number of rotatable bonds is 11. The van der Waals surface area contributed by atoms with Crippen LogP contribution >= 0.6 is 0 Å². The molecule has 32 heavy (non-hydrogen) atoms. The van der Waals surface area contributed by atoms with Gasteiger partial charge in [-0.2, -0.15) is 0 Å². The Balaban J connectivity index is 1.58. The van der Waals surface area contributed by atoms with E-state index in [1.54, 1.807) is 25.1 Å². The molecule has 8 heteroatoms. The molecule has 1 amide bonds. The van der Waals surface area contributed by atoms with Crippen LogP contribution in [0.2, 0.25) is 0 Å². The Hall–Kier alpha value is -3.10. The molecule has 2 aromatic carbocycles. The smallest absolute Gasteiger partial charge is 0.251 e. The zero-order valence-electron chi connectivity index (χ0n) is 18.4. The highest BCUT2D eigenvalue weighted by Gasteiger charge is 2.18. The molecule has 7 nitrogen and oxygen atoms in total. The van der Waals surface area contributed by atoms with Crippen molar-refractivity contribution in [1.29, 1.82) is 0 Å². The fourth-order valence-corrected chi connectivity index (χ4v) is 4.37. The Bertz CT molecular complexity index is 1110. The van der Waals surface area contributed by atoms with Crippen LogP contribution in [-0.2, 0) is 16.6 Å². The Morgan fingerprint density at radius 2 is 1.84 bits per heavy atom. The molecular formula is C24H29N3O4S. The average molecular weight is 456 g/mol. The summed E-state index contributed by atoms with van der Waals surface area (Å²) in [5.41, 5.74) is 2.21. The summed E-state index contributed by atoms with van der Waals surface area (Å²) in [7, 11) is -3.78. The van der Waals surface area contributed by atoms with Crippen LogP contribution in [0.15, 0.2) is 76.2 Å². The number of para-hydroxylation sites is 1. The predicted molar refractivity (Wildman–Crippen MR) is 125 cm³/mol. The molecule has 0 saturated carbocycles. The van der Waals surface area contributed by atoms with Crippen LogP contribution in [0.1, 0.15) is 35.0 Å². The van der Waals surface area contributed by atoms with Gasteiger partial charge in [0.05, 0.1) is 17.7 Å². The van der Waals surface area contributed by atoms with E-state index in [1.807, 2.05) is 18.2 Å². The van der Waals surface area contributed by atoms with Crippen molar-refractivity contribution < 1.29 is 17.6 Å². The normalized spacial score (nSPS) is 11.3. The Kier molecular flexibility index (Phi) is 8.08. The molecule has 1 aromatic heterocycles. The van der Waals surface area contributed by atoms with E-state index >= 15 is 0 Å². The van der Waals surface area contributed by atoms with E-state index in [4.69, 9.17) is 4.42 Å². The number of carbonyl (C=O) groups is 1. The summed E-state index contributed by atoms with van der Waals surface area (Å²) in [5, 5.41) is 2.91. The maximum atomic E-state index is 12.7. The maximum Gasteiger partial charge on any atom is 0.251 e. The summed E-state index contributed by atoms with van der Waals surface area (Å²) in [6.45, 7) is 6.11. The van der Waals surface area contributed by atoms with Crippen molar-refractivity contribution in [1.82, 2.24) is 10.0 Å². The third kappa shape index (κ3) is 6.21. The first kappa shape index (κ1) is 23.6. The third-order valence-electron chi connectivity index (χ3n) is 5.17. The second-order valence-corrected chi connectivity index (χ2v) is 9.17. The molecule has 2 N–H and O–H groups in total. The minimum Gasteiger partial charge on any atom is -0.468 e. The summed E-state index contributed by atoms with van der Waals surface area (Å²) in [4.78, 5) is 15.0. The fraction of sp³-hybridized carbons (Fsp3) is 0.292. The molecule has 0 aliphatic carbocycles. The fourth-order valence-electron chi connectivity index (χ4n) is 3.35. The van der Waals surface area contributed by atoms with E-state index in [2.05, 4.69) is 34.0 Å². The molecule has 0 unspecified atom stereocenters. The van der Waals surface area contributed by atoms with Gasteiger partial charge >= 0.3 is 0 Å². The molecule has 0 bridgehead atoms. The van der Waals surface area contributed by atoms with Crippen LogP contribution < -0.4 is 14.9 Å². The van der Waals surface area contributed by atoms with Crippen LogP contribution in [0.4, 0.5) is 5.69 Å². The van der Waals surface area contributed by atoms with E-state index in [9.17, 15) is 13.2 Å². The van der Waals surface area contributed by atoms with Crippen molar-refractivity contribution in [3.8, 4) is 0 Å². The monoisotopic (exact) mass is 455 g/mol. The SMILES string of the molecule is CCN(CCCNC(=O)c1cc(S(=O)(=O)NCc2ccco2)ccc1C)c1ccccc1. The third-order valence-corrected chi connectivity index (χ3v) is 6.57. The van der Waals surface area contributed by atoms with Crippen molar-refractivity contribution in [3.05, 3.63) is 83.8 Å². The largest absolute Gasteiger partial charge is 0.468 e. The number of anilines is 1. The van der Waals surface area contributed by atoms with Gasteiger partial charge in [-0.3, -0.25) is 4.79 Å². The van der Waals surface area contributed by atoms with Crippen LogP contribution in [0.5, 0.6) is 0 Å². The molecule has 3 aromatic rings. The number of sulfonamides is 1. The lowest BCUT2D eigenvalue weighted by Crippen LogP contribution is -2.30. The highest BCUT2D eigenvalue weighted by molar-refractivity contribution is 7.89. The minimum absolute atomic E-state index is 0.0417. The Morgan fingerprint density at radius 1 is 1.06 bits per heavy atom. The number of amides is 1. The molecule has 0 saturated heterocycles. The molecule has 0 atom stereocenters. The number of carbonyl (C=O) groups excluding carboxylic acids is 1. The minimum atomic E-state index is -3.78. The average Bonchev–Trinajstić information content (AvgIpc) is 3.32. The summed E-state index contributed by atoms with van der Waals surface area (Å²) in [6.07, 6.45) is 2.26. The van der Waals surface area contributed by atoms with Crippen LogP contribution in [0.3, 0.4) is 0 Å². The first-order chi connectivity index (χ1) is 15.4. The van der Waals surface area contributed by atoms with Crippen molar-refractivity contribution in [2.24, 2.45) is 0 Å². The number of nitrogens with zero attached hydrogens (tertiary/aromatic N) is 1. The number of benzene rings is 2. The summed E-state index contributed by atoms with van der Waals surface area (Å²) in [5.74, 6) is 0.226. The predicted octanol–water partition coefficient (Wildman–Crippen LogP) is 3.71. The van der Waals surface area contributed by atoms with Crippen molar-refractivity contribution in [3.63, 3.8) is 0 Å². The van der Waals surface area contributed by atoms with Crippen molar-refractivity contribution in [2.75, 3.05) is 24.5 Å². The molecule has 0 radical (unpaired) electrons. The molecule has 0 fully saturated rings. The topological polar surface area (TPSA) is 91.7 Å².